The number of rotatable bonds is 5. The van der Waals surface area contributed by atoms with Gasteiger partial charge in [0.15, 0.2) is 11.5 Å². The maximum absolute atomic E-state index is 10.3. The lowest BCUT2D eigenvalue weighted by atomic mass is 9.70. The molecule has 0 aromatic heterocycles. The van der Waals surface area contributed by atoms with E-state index in [-0.39, 0.29) is 11.5 Å². The van der Waals surface area contributed by atoms with E-state index >= 15 is 0 Å². The molecule has 2 aliphatic carbocycles. The van der Waals surface area contributed by atoms with Gasteiger partial charge in [0.1, 0.15) is 0 Å². The fraction of sp³-hybridized carbons (Fsp3) is 0.636. The monoisotopic (exact) mass is 357 g/mol. The van der Waals surface area contributed by atoms with Crippen molar-refractivity contribution in [1.82, 2.24) is 4.90 Å². The van der Waals surface area contributed by atoms with Crippen molar-refractivity contribution in [2.45, 2.75) is 56.5 Å². The summed E-state index contributed by atoms with van der Waals surface area (Å²) in [6, 6.07) is 6.35. The van der Waals surface area contributed by atoms with Crippen LogP contribution in [0.4, 0.5) is 0 Å². The van der Waals surface area contributed by atoms with Crippen LogP contribution in [-0.4, -0.2) is 43.4 Å². The van der Waals surface area contributed by atoms with Crippen LogP contribution in [0.25, 0.3) is 0 Å². The minimum absolute atomic E-state index is 0.0113. The van der Waals surface area contributed by atoms with E-state index < -0.39 is 0 Å². The van der Waals surface area contributed by atoms with Crippen LogP contribution in [-0.2, 0) is 5.41 Å². The van der Waals surface area contributed by atoms with Crippen molar-refractivity contribution >= 4 is 0 Å². The molecule has 1 saturated heterocycles. The summed E-state index contributed by atoms with van der Waals surface area (Å²) in [6.07, 6.45) is 10.2. The average molecular weight is 357 g/mol. The summed E-state index contributed by atoms with van der Waals surface area (Å²) < 4.78 is 11.0. The number of nitrogens with zero attached hydrogens (tertiary/aromatic N) is 1. The predicted molar refractivity (Wildman–Crippen MR) is 103 cm³/mol. The number of likely N-dealkylation sites (tertiary alicyclic amines) is 1. The molecule has 0 radical (unpaired) electrons. The summed E-state index contributed by atoms with van der Waals surface area (Å²) in [4.78, 5) is 2.56. The molecule has 0 spiro atoms. The molecule has 4 nitrogen and oxygen atoms in total. The molecule has 0 amide bonds. The number of methoxy groups -OCH3 is 2. The number of hydrogen-bond donors (Lipinski definition) is 1. The van der Waals surface area contributed by atoms with Gasteiger partial charge in [0.25, 0.3) is 0 Å². The first-order chi connectivity index (χ1) is 12.7. The molecule has 26 heavy (non-hydrogen) atoms. The number of aliphatic hydroxyl groups excluding tert-OH is 1. The van der Waals surface area contributed by atoms with E-state index in [4.69, 9.17) is 9.47 Å². The second kappa shape index (κ2) is 7.15. The maximum Gasteiger partial charge on any atom is 0.161 e. The van der Waals surface area contributed by atoms with Gasteiger partial charge in [-0.1, -0.05) is 18.9 Å². The molecule has 0 unspecified atom stereocenters. The van der Waals surface area contributed by atoms with E-state index in [1.54, 1.807) is 14.2 Å². The molecular formula is C22H31NO3. The van der Waals surface area contributed by atoms with E-state index in [1.165, 1.54) is 36.9 Å². The number of aliphatic hydroxyl groups is 1. The van der Waals surface area contributed by atoms with Gasteiger partial charge >= 0.3 is 0 Å². The summed E-state index contributed by atoms with van der Waals surface area (Å²) in [5.41, 5.74) is 2.65. The maximum atomic E-state index is 10.3. The van der Waals surface area contributed by atoms with Gasteiger partial charge in [-0.25, -0.2) is 0 Å². The Hall–Kier alpha value is -1.68. The highest BCUT2D eigenvalue weighted by molar-refractivity contribution is 5.49. The van der Waals surface area contributed by atoms with Gasteiger partial charge in [0.2, 0.25) is 0 Å². The smallest absolute Gasteiger partial charge is 0.161 e. The van der Waals surface area contributed by atoms with Gasteiger partial charge < -0.3 is 19.5 Å². The summed E-state index contributed by atoms with van der Waals surface area (Å²) in [5.74, 6) is 2.38. The van der Waals surface area contributed by atoms with Crippen LogP contribution in [0.15, 0.2) is 30.0 Å². The van der Waals surface area contributed by atoms with Crippen LogP contribution >= 0.6 is 0 Å². The Morgan fingerprint density at radius 1 is 1.08 bits per heavy atom. The fourth-order valence-corrected chi connectivity index (χ4v) is 5.32. The second-order valence-corrected chi connectivity index (χ2v) is 8.16. The summed E-state index contributed by atoms with van der Waals surface area (Å²) in [5, 5.41) is 10.3. The van der Waals surface area contributed by atoms with Crippen molar-refractivity contribution < 1.29 is 14.6 Å². The number of fused-ring (bicyclic) bond motifs is 1. The minimum Gasteiger partial charge on any atom is -0.493 e. The quantitative estimate of drug-likeness (QED) is 0.868. The predicted octanol–water partition coefficient (Wildman–Crippen LogP) is 3.88. The Bertz CT molecular complexity index is 680. The molecule has 2 atom stereocenters. The van der Waals surface area contributed by atoms with Gasteiger partial charge in [0, 0.05) is 24.2 Å². The lowest BCUT2D eigenvalue weighted by molar-refractivity contribution is 0.178. The lowest BCUT2D eigenvalue weighted by Gasteiger charge is -2.38. The van der Waals surface area contributed by atoms with Crippen LogP contribution in [0, 0.1) is 5.92 Å². The number of allylic oxidation sites excluding steroid dienone is 1. The zero-order chi connectivity index (χ0) is 18.1. The van der Waals surface area contributed by atoms with Crippen LogP contribution in [0.2, 0.25) is 0 Å². The molecule has 4 rings (SSSR count). The van der Waals surface area contributed by atoms with Gasteiger partial charge in [0.05, 0.1) is 20.3 Å². The highest BCUT2D eigenvalue weighted by Crippen LogP contribution is 2.51. The highest BCUT2D eigenvalue weighted by atomic mass is 16.5. The first kappa shape index (κ1) is 17.7. The van der Waals surface area contributed by atoms with Crippen LogP contribution in [0.5, 0.6) is 11.5 Å². The number of hydrogen-bond acceptors (Lipinski definition) is 4. The molecule has 1 aromatic rings. The Morgan fingerprint density at radius 2 is 1.85 bits per heavy atom. The zero-order valence-corrected chi connectivity index (χ0v) is 16.0. The summed E-state index contributed by atoms with van der Waals surface area (Å²) >= 11 is 0. The van der Waals surface area contributed by atoms with Crippen LogP contribution in [0.1, 0.15) is 50.5 Å². The fourth-order valence-electron chi connectivity index (χ4n) is 5.32. The molecule has 2 fully saturated rings. The van der Waals surface area contributed by atoms with E-state index in [0.29, 0.717) is 0 Å². The molecule has 142 valence electrons. The molecule has 3 aliphatic rings. The number of ether oxygens (including phenoxy) is 2. The lowest BCUT2D eigenvalue weighted by Crippen LogP contribution is -2.35. The molecule has 1 heterocycles. The standard InChI is InChI=1S/C22H31NO3/c1-25-19-8-7-17(13-20(19)26-2)22-10-9-18(24)14-21(22)23(12-11-22)15-16-5-3-4-6-16/h7-8,13-14,16,18,24H,3-6,9-12,15H2,1-2H3/t18-,22+/m1/s1. The van der Waals surface area contributed by atoms with Crippen molar-refractivity contribution in [2.24, 2.45) is 5.92 Å². The third-order valence-electron chi connectivity index (χ3n) is 6.75. The van der Waals surface area contributed by atoms with Crippen molar-refractivity contribution in [2.75, 3.05) is 27.3 Å². The van der Waals surface area contributed by atoms with Crippen molar-refractivity contribution in [3.63, 3.8) is 0 Å². The molecule has 1 aliphatic heterocycles. The third-order valence-corrected chi connectivity index (χ3v) is 6.75. The first-order valence-electron chi connectivity index (χ1n) is 10.0. The summed E-state index contributed by atoms with van der Waals surface area (Å²) in [6.45, 7) is 2.23. The van der Waals surface area contributed by atoms with Gasteiger partial charge in [-0.3, -0.25) is 0 Å². The zero-order valence-electron chi connectivity index (χ0n) is 16.0. The van der Waals surface area contributed by atoms with Gasteiger partial charge in [-0.15, -0.1) is 0 Å². The average Bonchev–Trinajstić information content (AvgIpc) is 3.30. The number of benzene rings is 1. The van der Waals surface area contributed by atoms with E-state index in [1.807, 2.05) is 6.07 Å². The minimum atomic E-state index is -0.317. The topological polar surface area (TPSA) is 41.9 Å². The van der Waals surface area contributed by atoms with Crippen molar-refractivity contribution in [3.8, 4) is 11.5 Å². The van der Waals surface area contributed by atoms with Gasteiger partial charge in [-0.2, -0.15) is 0 Å². The Labute approximate surface area is 156 Å². The van der Waals surface area contributed by atoms with E-state index in [0.717, 1.165) is 49.8 Å². The first-order valence-corrected chi connectivity index (χ1v) is 10.0. The Balaban J connectivity index is 1.68. The third kappa shape index (κ3) is 2.98. The molecule has 1 N–H and O–H groups in total. The molecule has 1 saturated carbocycles. The largest absolute Gasteiger partial charge is 0.493 e. The Morgan fingerprint density at radius 3 is 2.58 bits per heavy atom. The highest BCUT2D eigenvalue weighted by Gasteiger charge is 2.47. The second-order valence-electron chi connectivity index (χ2n) is 8.16. The SMILES string of the molecule is COc1ccc([C@@]23CC[C@@H](O)C=C2N(CC2CCCC2)CC3)cc1OC. The normalized spacial score (nSPS) is 28.8. The van der Waals surface area contributed by atoms with Gasteiger partial charge in [-0.05, 0) is 61.8 Å². The van der Waals surface area contributed by atoms with Crippen LogP contribution < -0.4 is 9.47 Å². The molecular weight excluding hydrogens is 326 g/mol. The van der Waals surface area contributed by atoms with Crippen molar-refractivity contribution in [3.05, 3.63) is 35.5 Å². The van der Waals surface area contributed by atoms with E-state index in [2.05, 4.69) is 23.1 Å². The summed E-state index contributed by atoms with van der Waals surface area (Å²) in [7, 11) is 3.37. The van der Waals surface area contributed by atoms with E-state index in [9.17, 15) is 5.11 Å². The molecule has 1 aromatic carbocycles. The van der Waals surface area contributed by atoms with Crippen LogP contribution in [0.3, 0.4) is 0 Å². The Kier molecular flexibility index (Phi) is 4.87. The molecule has 0 bridgehead atoms. The van der Waals surface area contributed by atoms with Crippen molar-refractivity contribution in [1.29, 1.82) is 0 Å². The molecule has 4 heteroatoms.